The van der Waals surface area contributed by atoms with Gasteiger partial charge in [-0.1, -0.05) is 6.07 Å². The number of benzene rings is 1. The molecule has 19 heavy (non-hydrogen) atoms. The van der Waals surface area contributed by atoms with Crippen molar-refractivity contribution in [3.8, 4) is 0 Å². The van der Waals surface area contributed by atoms with Gasteiger partial charge in [-0.3, -0.25) is 0 Å². The summed E-state index contributed by atoms with van der Waals surface area (Å²) in [5.41, 5.74) is 2.60. The Kier molecular flexibility index (Phi) is 3.97. The quantitative estimate of drug-likeness (QED) is 0.887. The maximum atomic E-state index is 9.48. The van der Waals surface area contributed by atoms with Crippen LogP contribution in [0.15, 0.2) is 30.5 Å². The maximum absolute atomic E-state index is 9.48. The normalized spacial score (nSPS) is 13.9. The third kappa shape index (κ3) is 3.82. The Balaban J connectivity index is 2.18. The van der Waals surface area contributed by atoms with Crippen molar-refractivity contribution in [1.82, 2.24) is 9.88 Å². The zero-order valence-corrected chi connectivity index (χ0v) is 12.3. The molecule has 2 aromatic rings. The Morgan fingerprint density at radius 1 is 1.26 bits per heavy atom. The molecule has 1 atom stereocenters. The van der Waals surface area contributed by atoms with Crippen molar-refractivity contribution in [3.63, 3.8) is 0 Å². The van der Waals surface area contributed by atoms with Gasteiger partial charge in [-0.25, -0.2) is 0 Å². The molecule has 0 saturated heterocycles. The van der Waals surface area contributed by atoms with E-state index in [1.807, 2.05) is 13.1 Å². The molecule has 2 N–H and O–H groups in total. The lowest BCUT2D eigenvalue weighted by atomic mass is 10.1. The second-order valence-electron chi connectivity index (χ2n) is 6.31. The first-order valence-corrected chi connectivity index (χ1v) is 6.86. The van der Waals surface area contributed by atoms with Crippen molar-refractivity contribution in [2.45, 2.75) is 52.4 Å². The molecule has 1 heterocycles. The van der Waals surface area contributed by atoms with Gasteiger partial charge in [0.15, 0.2) is 0 Å². The van der Waals surface area contributed by atoms with Crippen LogP contribution in [0.1, 0.15) is 33.3 Å². The number of aliphatic hydroxyl groups is 1. The van der Waals surface area contributed by atoms with Crippen LogP contribution in [-0.4, -0.2) is 21.3 Å². The number of nitrogens with one attached hydrogen (secondary N) is 1. The van der Waals surface area contributed by atoms with Crippen molar-refractivity contribution < 1.29 is 5.11 Å². The fourth-order valence-electron chi connectivity index (χ4n) is 2.17. The highest BCUT2D eigenvalue weighted by Crippen LogP contribution is 2.18. The van der Waals surface area contributed by atoms with Gasteiger partial charge >= 0.3 is 0 Å². The molecule has 2 rings (SSSR count). The van der Waals surface area contributed by atoms with E-state index in [9.17, 15) is 5.11 Å². The van der Waals surface area contributed by atoms with E-state index in [-0.39, 0.29) is 11.6 Å². The molecule has 0 aliphatic rings. The van der Waals surface area contributed by atoms with Crippen molar-refractivity contribution in [3.05, 3.63) is 36.0 Å². The van der Waals surface area contributed by atoms with Crippen LogP contribution in [-0.2, 0) is 13.1 Å². The van der Waals surface area contributed by atoms with Gasteiger partial charge in [0, 0.05) is 30.3 Å². The van der Waals surface area contributed by atoms with Gasteiger partial charge in [-0.2, -0.15) is 0 Å². The molecule has 0 fully saturated rings. The molecule has 0 spiro atoms. The van der Waals surface area contributed by atoms with Crippen molar-refractivity contribution in [1.29, 1.82) is 0 Å². The molecule has 0 aliphatic carbocycles. The SMILES string of the molecule is CC(O)Cn1ccc2cc(CNC(C)(C)C)ccc21. The third-order valence-corrected chi connectivity index (χ3v) is 3.12. The standard InChI is InChI=1S/C16H24N2O/c1-12(19)11-18-8-7-14-9-13(5-6-15(14)18)10-17-16(2,3)4/h5-9,12,17,19H,10-11H2,1-4H3. The molecule has 0 saturated carbocycles. The van der Waals surface area contributed by atoms with Crippen LogP contribution in [0, 0.1) is 0 Å². The smallest absolute Gasteiger partial charge is 0.0691 e. The second-order valence-corrected chi connectivity index (χ2v) is 6.31. The Hall–Kier alpha value is -1.32. The highest BCUT2D eigenvalue weighted by molar-refractivity contribution is 5.80. The van der Waals surface area contributed by atoms with Crippen molar-refractivity contribution >= 4 is 10.9 Å². The largest absolute Gasteiger partial charge is 0.392 e. The summed E-state index contributed by atoms with van der Waals surface area (Å²) in [5.74, 6) is 0. The molecular formula is C16H24N2O. The van der Waals surface area contributed by atoms with E-state index >= 15 is 0 Å². The monoisotopic (exact) mass is 260 g/mol. The zero-order chi connectivity index (χ0) is 14.0. The highest BCUT2D eigenvalue weighted by atomic mass is 16.3. The van der Waals surface area contributed by atoms with Gasteiger partial charge in [0.1, 0.15) is 0 Å². The topological polar surface area (TPSA) is 37.2 Å². The third-order valence-electron chi connectivity index (χ3n) is 3.12. The molecule has 0 bridgehead atoms. The van der Waals surface area contributed by atoms with Gasteiger partial charge in [0.2, 0.25) is 0 Å². The lowest BCUT2D eigenvalue weighted by Crippen LogP contribution is -2.35. The van der Waals surface area contributed by atoms with Crippen LogP contribution < -0.4 is 5.32 Å². The summed E-state index contributed by atoms with van der Waals surface area (Å²) in [6.07, 6.45) is 1.72. The summed E-state index contributed by atoms with van der Waals surface area (Å²) in [6, 6.07) is 8.61. The summed E-state index contributed by atoms with van der Waals surface area (Å²) in [7, 11) is 0. The first-order valence-electron chi connectivity index (χ1n) is 6.86. The Morgan fingerprint density at radius 3 is 2.63 bits per heavy atom. The van der Waals surface area contributed by atoms with Gasteiger partial charge in [-0.05, 0) is 56.8 Å². The lowest BCUT2D eigenvalue weighted by Gasteiger charge is -2.20. The molecule has 0 amide bonds. The van der Waals surface area contributed by atoms with E-state index in [1.54, 1.807) is 0 Å². The van der Waals surface area contributed by atoms with Gasteiger partial charge < -0.3 is 15.0 Å². The number of hydrogen-bond donors (Lipinski definition) is 2. The Morgan fingerprint density at radius 2 is 2.00 bits per heavy atom. The molecule has 0 radical (unpaired) electrons. The lowest BCUT2D eigenvalue weighted by molar-refractivity contribution is 0.175. The summed E-state index contributed by atoms with van der Waals surface area (Å²) >= 11 is 0. The van der Waals surface area contributed by atoms with Crippen LogP contribution in [0.4, 0.5) is 0 Å². The minimum Gasteiger partial charge on any atom is -0.392 e. The number of aliphatic hydroxyl groups excluding tert-OH is 1. The number of rotatable bonds is 4. The minimum absolute atomic E-state index is 0.132. The van der Waals surface area contributed by atoms with Gasteiger partial charge in [0.25, 0.3) is 0 Å². The maximum Gasteiger partial charge on any atom is 0.0691 e. The van der Waals surface area contributed by atoms with Crippen LogP contribution in [0.3, 0.4) is 0 Å². The average molecular weight is 260 g/mol. The van der Waals surface area contributed by atoms with Crippen LogP contribution in [0.2, 0.25) is 0 Å². The zero-order valence-electron chi connectivity index (χ0n) is 12.3. The van der Waals surface area contributed by atoms with E-state index < -0.39 is 0 Å². The summed E-state index contributed by atoms with van der Waals surface area (Å²) in [5, 5.41) is 14.2. The van der Waals surface area contributed by atoms with Crippen LogP contribution in [0.5, 0.6) is 0 Å². The predicted molar refractivity (Wildman–Crippen MR) is 80.2 cm³/mol. The Bertz CT molecular complexity index is 549. The number of aromatic nitrogens is 1. The number of nitrogens with zero attached hydrogens (tertiary/aromatic N) is 1. The Labute approximate surface area is 115 Å². The number of hydrogen-bond acceptors (Lipinski definition) is 2. The predicted octanol–water partition coefficient (Wildman–Crippen LogP) is 2.91. The molecule has 1 aromatic carbocycles. The minimum atomic E-state index is -0.321. The van der Waals surface area contributed by atoms with E-state index in [4.69, 9.17) is 0 Å². The van der Waals surface area contributed by atoms with Gasteiger partial charge in [-0.15, -0.1) is 0 Å². The van der Waals surface area contributed by atoms with Crippen LogP contribution >= 0.6 is 0 Å². The first-order chi connectivity index (χ1) is 8.85. The van der Waals surface area contributed by atoms with E-state index in [2.05, 4.69) is 54.9 Å². The first kappa shape index (κ1) is 14.1. The summed E-state index contributed by atoms with van der Waals surface area (Å²) < 4.78 is 2.10. The molecule has 1 aromatic heterocycles. The van der Waals surface area contributed by atoms with Crippen molar-refractivity contribution in [2.75, 3.05) is 0 Å². The highest BCUT2D eigenvalue weighted by Gasteiger charge is 2.09. The fraction of sp³-hybridized carbons (Fsp3) is 0.500. The average Bonchev–Trinajstić information content (AvgIpc) is 2.68. The fourth-order valence-corrected chi connectivity index (χ4v) is 2.17. The molecule has 3 heteroatoms. The second kappa shape index (κ2) is 5.35. The van der Waals surface area contributed by atoms with Crippen LogP contribution in [0.25, 0.3) is 10.9 Å². The van der Waals surface area contributed by atoms with E-state index in [1.165, 1.54) is 16.5 Å². The molecule has 1 unspecified atom stereocenters. The van der Waals surface area contributed by atoms with E-state index in [0.29, 0.717) is 6.54 Å². The summed E-state index contributed by atoms with van der Waals surface area (Å²) in [6.45, 7) is 9.84. The molecule has 0 aliphatic heterocycles. The van der Waals surface area contributed by atoms with Crippen molar-refractivity contribution in [2.24, 2.45) is 0 Å². The number of fused-ring (bicyclic) bond motifs is 1. The van der Waals surface area contributed by atoms with Gasteiger partial charge in [0.05, 0.1) is 6.10 Å². The molecular weight excluding hydrogens is 236 g/mol. The molecule has 104 valence electrons. The molecule has 3 nitrogen and oxygen atoms in total. The van der Waals surface area contributed by atoms with E-state index in [0.717, 1.165) is 6.54 Å². The summed E-state index contributed by atoms with van der Waals surface area (Å²) in [4.78, 5) is 0.